The molecule has 0 bridgehead atoms. The average molecular weight is 209 g/mol. The molecule has 0 radical (unpaired) electrons. The zero-order chi connectivity index (χ0) is 10.9. The number of rotatable bonds is 3. The Kier molecular flexibility index (Phi) is 2.80. The quantitative estimate of drug-likeness (QED) is 0.795. The summed E-state index contributed by atoms with van der Waals surface area (Å²) in [7, 11) is 1.98. The second-order valence-corrected chi connectivity index (χ2v) is 4.45. The van der Waals surface area contributed by atoms with Crippen LogP contribution in [0.2, 0.25) is 0 Å². The third-order valence-corrected chi connectivity index (χ3v) is 3.06. The van der Waals surface area contributed by atoms with E-state index in [2.05, 4.69) is 18.1 Å². The van der Waals surface area contributed by atoms with Crippen LogP contribution in [0.4, 0.5) is 0 Å². The molecule has 15 heavy (non-hydrogen) atoms. The van der Waals surface area contributed by atoms with E-state index in [-0.39, 0.29) is 5.54 Å². The molecule has 1 aliphatic heterocycles. The molecule has 1 saturated heterocycles. The first-order valence-electron chi connectivity index (χ1n) is 5.51. The molecule has 1 aromatic rings. The Balaban J connectivity index is 2.12. The molecular formula is C11H19N3O. The smallest absolute Gasteiger partial charge is 0.0650 e. The summed E-state index contributed by atoms with van der Waals surface area (Å²) in [4.78, 5) is 0. The van der Waals surface area contributed by atoms with Gasteiger partial charge in [-0.2, -0.15) is 5.10 Å². The highest BCUT2D eigenvalue weighted by atomic mass is 16.5. The van der Waals surface area contributed by atoms with Crippen LogP contribution >= 0.6 is 0 Å². The Labute approximate surface area is 90.4 Å². The topological polar surface area (TPSA) is 53.1 Å². The van der Waals surface area contributed by atoms with E-state index in [0.717, 1.165) is 31.6 Å². The van der Waals surface area contributed by atoms with Gasteiger partial charge in [0.2, 0.25) is 0 Å². The van der Waals surface area contributed by atoms with Crippen molar-refractivity contribution < 1.29 is 4.74 Å². The van der Waals surface area contributed by atoms with Gasteiger partial charge in [0.25, 0.3) is 0 Å². The highest BCUT2D eigenvalue weighted by molar-refractivity contribution is 5.14. The molecule has 0 aromatic carbocycles. The normalized spacial score (nSPS) is 26.1. The average Bonchev–Trinajstić information content (AvgIpc) is 2.75. The van der Waals surface area contributed by atoms with Crippen LogP contribution in [-0.2, 0) is 24.6 Å². The van der Waals surface area contributed by atoms with E-state index >= 15 is 0 Å². The molecule has 2 heterocycles. The van der Waals surface area contributed by atoms with Gasteiger partial charge in [0, 0.05) is 31.3 Å². The molecule has 0 amide bonds. The SMILES string of the molecule is CCc1cc(CC2(N)CCOC2)n(C)n1. The van der Waals surface area contributed by atoms with Crippen molar-refractivity contribution in [3.8, 4) is 0 Å². The summed E-state index contributed by atoms with van der Waals surface area (Å²) in [6.07, 6.45) is 2.78. The Morgan fingerprint density at radius 3 is 3.00 bits per heavy atom. The minimum Gasteiger partial charge on any atom is -0.379 e. The molecule has 1 atom stereocenters. The van der Waals surface area contributed by atoms with Crippen molar-refractivity contribution in [2.24, 2.45) is 12.8 Å². The standard InChI is InChI=1S/C11H19N3O/c1-3-9-6-10(14(2)13-9)7-11(12)4-5-15-8-11/h6H,3-5,7-8,12H2,1-2H3. The van der Waals surface area contributed by atoms with Crippen molar-refractivity contribution in [3.05, 3.63) is 17.5 Å². The summed E-state index contributed by atoms with van der Waals surface area (Å²) in [5.74, 6) is 0. The van der Waals surface area contributed by atoms with Crippen molar-refractivity contribution in [2.75, 3.05) is 13.2 Å². The predicted octanol–water partition coefficient (Wildman–Crippen LogP) is 0.643. The Morgan fingerprint density at radius 1 is 1.67 bits per heavy atom. The van der Waals surface area contributed by atoms with E-state index < -0.39 is 0 Å². The maximum absolute atomic E-state index is 6.24. The summed E-state index contributed by atoms with van der Waals surface area (Å²) in [6, 6.07) is 2.15. The fourth-order valence-electron chi connectivity index (χ4n) is 2.03. The monoisotopic (exact) mass is 209 g/mol. The molecule has 1 fully saturated rings. The minimum atomic E-state index is -0.182. The second kappa shape index (κ2) is 3.94. The molecule has 0 aliphatic carbocycles. The van der Waals surface area contributed by atoms with Gasteiger partial charge in [-0.25, -0.2) is 0 Å². The number of hydrogen-bond donors (Lipinski definition) is 1. The van der Waals surface area contributed by atoms with E-state index in [1.165, 1.54) is 5.69 Å². The van der Waals surface area contributed by atoms with Crippen LogP contribution in [0.1, 0.15) is 24.7 Å². The van der Waals surface area contributed by atoms with Gasteiger partial charge >= 0.3 is 0 Å². The van der Waals surface area contributed by atoms with Gasteiger partial charge in [0.15, 0.2) is 0 Å². The highest BCUT2D eigenvalue weighted by Gasteiger charge is 2.31. The maximum atomic E-state index is 6.24. The predicted molar refractivity (Wildman–Crippen MR) is 58.6 cm³/mol. The molecule has 1 aliphatic rings. The number of aryl methyl sites for hydroxylation is 2. The first-order valence-corrected chi connectivity index (χ1v) is 5.51. The van der Waals surface area contributed by atoms with E-state index in [9.17, 15) is 0 Å². The molecule has 0 saturated carbocycles. The van der Waals surface area contributed by atoms with Gasteiger partial charge < -0.3 is 10.5 Å². The zero-order valence-corrected chi connectivity index (χ0v) is 9.49. The molecule has 84 valence electrons. The van der Waals surface area contributed by atoms with Crippen LogP contribution in [0.15, 0.2) is 6.07 Å². The molecule has 4 nitrogen and oxygen atoms in total. The highest BCUT2D eigenvalue weighted by Crippen LogP contribution is 2.21. The molecule has 1 aromatic heterocycles. The van der Waals surface area contributed by atoms with Gasteiger partial charge in [0.05, 0.1) is 12.3 Å². The summed E-state index contributed by atoms with van der Waals surface area (Å²) < 4.78 is 7.29. The maximum Gasteiger partial charge on any atom is 0.0650 e. The van der Waals surface area contributed by atoms with Crippen LogP contribution in [0.5, 0.6) is 0 Å². The third kappa shape index (κ3) is 2.21. The lowest BCUT2D eigenvalue weighted by Gasteiger charge is -2.21. The molecule has 4 heteroatoms. The lowest BCUT2D eigenvalue weighted by atomic mass is 9.94. The fraction of sp³-hybridized carbons (Fsp3) is 0.727. The van der Waals surface area contributed by atoms with Crippen LogP contribution in [0.25, 0.3) is 0 Å². The van der Waals surface area contributed by atoms with Crippen molar-refractivity contribution in [1.82, 2.24) is 9.78 Å². The van der Waals surface area contributed by atoms with Crippen LogP contribution in [0, 0.1) is 0 Å². The number of aromatic nitrogens is 2. The number of ether oxygens (including phenoxy) is 1. The van der Waals surface area contributed by atoms with E-state index in [0.29, 0.717) is 6.61 Å². The number of nitrogens with two attached hydrogens (primary N) is 1. The Hall–Kier alpha value is -0.870. The summed E-state index contributed by atoms with van der Waals surface area (Å²) in [5, 5.41) is 4.42. The minimum absolute atomic E-state index is 0.182. The van der Waals surface area contributed by atoms with Crippen molar-refractivity contribution in [1.29, 1.82) is 0 Å². The van der Waals surface area contributed by atoms with Gasteiger partial charge in [-0.15, -0.1) is 0 Å². The third-order valence-electron chi connectivity index (χ3n) is 3.06. The van der Waals surface area contributed by atoms with Crippen LogP contribution in [-0.4, -0.2) is 28.5 Å². The molecular weight excluding hydrogens is 190 g/mol. The molecule has 0 spiro atoms. The lowest BCUT2D eigenvalue weighted by Crippen LogP contribution is -2.43. The largest absolute Gasteiger partial charge is 0.379 e. The van der Waals surface area contributed by atoms with Gasteiger partial charge in [-0.1, -0.05) is 6.92 Å². The second-order valence-electron chi connectivity index (χ2n) is 4.45. The first-order chi connectivity index (χ1) is 7.13. The van der Waals surface area contributed by atoms with E-state index in [1.54, 1.807) is 0 Å². The van der Waals surface area contributed by atoms with Gasteiger partial charge in [-0.3, -0.25) is 4.68 Å². The lowest BCUT2D eigenvalue weighted by molar-refractivity contribution is 0.177. The van der Waals surface area contributed by atoms with Gasteiger partial charge in [-0.05, 0) is 18.9 Å². The van der Waals surface area contributed by atoms with Gasteiger partial charge in [0.1, 0.15) is 0 Å². The van der Waals surface area contributed by atoms with Crippen molar-refractivity contribution in [2.45, 2.75) is 31.7 Å². The summed E-state index contributed by atoms with van der Waals surface area (Å²) >= 11 is 0. The first kappa shape index (κ1) is 10.6. The van der Waals surface area contributed by atoms with Crippen molar-refractivity contribution in [3.63, 3.8) is 0 Å². The van der Waals surface area contributed by atoms with Crippen LogP contribution in [0.3, 0.4) is 0 Å². The van der Waals surface area contributed by atoms with E-state index in [4.69, 9.17) is 10.5 Å². The Bertz CT molecular complexity index is 340. The molecule has 1 unspecified atom stereocenters. The zero-order valence-electron chi connectivity index (χ0n) is 9.49. The fourth-order valence-corrected chi connectivity index (χ4v) is 2.03. The molecule has 2 N–H and O–H groups in total. The summed E-state index contributed by atoms with van der Waals surface area (Å²) in [5.41, 5.74) is 8.41. The van der Waals surface area contributed by atoms with Crippen molar-refractivity contribution >= 4 is 0 Å². The van der Waals surface area contributed by atoms with E-state index in [1.807, 2.05) is 11.7 Å². The summed E-state index contributed by atoms with van der Waals surface area (Å²) in [6.45, 7) is 3.57. The number of hydrogen-bond acceptors (Lipinski definition) is 3. The van der Waals surface area contributed by atoms with Crippen LogP contribution < -0.4 is 5.73 Å². The molecule has 2 rings (SSSR count). The number of nitrogens with zero attached hydrogens (tertiary/aromatic N) is 2. The Morgan fingerprint density at radius 2 is 2.47 bits per heavy atom.